The van der Waals surface area contributed by atoms with Gasteiger partial charge in [0.2, 0.25) is 5.91 Å². The summed E-state index contributed by atoms with van der Waals surface area (Å²) in [6.45, 7) is -0.194. The first-order valence-corrected chi connectivity index (χ1v) is 6.90. The van der Waals surface area contributed by atoms with E-state index in [0.29, 0.717) is 6.42 Å². The molecule has 0 saturated carbocycles. The van der Waals surface area contributed by atoms with Gasteiger partial charge in [-0.2, -0.15) is 0 Å². The van der Waals surface area contributed by atoms with E-state index in [1.54, 1.807) is 12.3 Å². The van der Waals surface area contributed by atoms with E-state index in [2.05, 4.69) is 16.2 Å². The molecule has 0 aliphatic carbocycles. The number of carbonyl (C=O) groups excluding carboxylic acids is 1. The van der Waals surface area contributed by atoms with Gasteiger partial charge >= 0.3 is 0 Å². The van der Waals surface area contributed by atoms with E-state index in [0.717, 1.165) is 17.9 Å². The fourth-order valence-electron chi connectivity index (χ4n) is 2.40. The summed E-state index contributed by atoms with van der Waals surface area (Å²) in [5.74, 6) is -0.954. The minimum absolute atomic E-state index is 0.115. The second-order valence-electron chi connectivity index (χ2n) is 5.06. The summed E-state index contributed by atoms with van der Waals surface area (Å²) in [4.78, 5) is 12.1. The summed E-state index contributed by atoms with van der Waals surface area (Å²) < 4.78 is 32.3. The van der Waals surface area contributed by atoms with Gasteiger partial charge in [0.1, 0.15) is 23.4 Å². The number of carbonyl (C=O) groups is 1. The first-order chi connectivity index (χ1) is 10.6. The molecule has 7 heteroatoms. The van der Waals surface area contributed by atoms with Crippen molar-refractivity contribution in [2.75, 3.05) is 0 Å². The van der Waals surface area contributed by atoms with Crippen LogP contribution < -0.4 is 16.2 Å². The van der Waals surface area contributed by atoms with Gasteiger partial charge in [-0.15, -0.1) is 0 Å². The molecule has 22 heavy (non-hydrogen) atoms. The molecular formula is C15H15F2N3O2. The van der Waals surface area contributed by atoms with Crippen molar-refractivity contribution >= 4 is 5.91 Å². The third-order valence-electron chi connectivity index (χ3n) is 3.61. The summed E-state index contributed by atoms with van der Waals surface area (Å²) in [5, 5.41) is 2.54. The Morgan fingerprint density at radius 3 is 2.68 bits per heavy atom. The van der Waals surface area contributed by atoms with E-state index in [-0.39, 0.29) is 24.1 Å². The monoisotopic (exact) mass is 307 g/mol. The Kier molecular flexibility index (Phi) is 4.17. The second kappa shape index (κ2) is 6.25. The molecule has 1 fully saturated rings. The number of hydrogen-bond acceptors (Lipinski definition) is 4. The standard InChI is InChI=1S/C15H15F2N3O2/c16-10-3-1-4-11(17)9(10)8-18-15(21)13-7-12(19-20-13)14-5-2-6-22-14/h1-6,12-13,19-20H,7-8H2,(H,18,21). The van der Waals surface area contributed by atoms with Crippen LogP contribution in [0.1, 0.15) is 23.8 Å². The average Bonchev–Trinajstić information content (AvgIpc) is 3.17. The van der Waals surface area contributed by atoms with Crippen LogP contribution >= 0.6 is 0 Å². The van der Waals surface area contributed by atoms with Crippen molar-refractivity contribution in [2.45, 2.75) is 25.0 Å². The van der Waals surface area contributed by atoms with Gasteiger partial charge in [-0.1, -0.05) is 6.07 Å². The Morgan fingerprint density at radius 2 is 2.00 bits per heavy atom. The number of halogens is 2. The fourth-order valence-corrected chi connectivity index (χ4v) is 2.40. The van der Waals surface area contributed by atoms with E-state index >= 15 is 0 Å². The number of benzene rings is 1. The van der Waals surface area contributed by atoms with Gasteiger partial charge in [0.05, 0.1) is 12.3 Å². The number of hydrogen-bond donors (Lipinski definition) is 3. The lowest BCUT2D eigenvalue weighted by atomic mass is 10.1. The summed E-state index contributed by atoms with van der Waals surface area (Å²) in [6, 6.07) is 6.58. The molecule has 116 valence electrons. The number of rotatable bonds is 4. The predicted molar refractivity (Wildman–Crippen MR) is 74.3 cm³/mol. The first-order valence-electron chi connectivity index (χ1n) is 6.90. The number of amides is 1. The zero-order valence-corrected chi connectivity index (χ0v) is 11.6. The van der Waals surface area contributed by atoms with Crippen LogP contribution in [0.3, 0.4) is 0 Å². The van der Waals surface area contributed by atoms with Gasteiger partial charge in [-0.3, -0.25) is 4.79 Å². The Balaban J connectivity index is 1.57. The number of furan rings is 1. The van der Waals surface area contributed by atoms with Crippen molar-refractivity contribution in [3.8, 4) is 0 Å². The van der Waals surface area contributed by atoms with E-state index in [4.69, 9.17) is 4.42 Å². The molecule has 1 amide bonds. The lowest BCUT2D eigenvalue weighted by Gasteiger charge is -2.11. The molecule has 0 spiro atoms. The zero-order valence-electron chi connectivity index (χ0n) is 11.6. The lowest BCUT2D eigenvalue weighted by molar-refractivity contribution is -0.123. The molecule has 0 radical (unpaired) electrons. The molecule has 3 rings (SSSR count). The van der Waals surface area contributed by atoms with Crippen molar-refractivity contribution in [1.82, 2.24) is 16.2 Å². The van der Waals surface area contributed by atoms with Gasteiger partial charge in [-0.25, -0.2) is 19.6 Å². The van der Waals surface area contributed by atoms with Crippen molar-refractivity contribution in [2.24, 2.45) is 0 Å². The molecule has 2 unspecified atom stereocenters. The molecule has 2 atom stereocenters. The fraction of sp³-hybridized carbons (Fsp3) is 0.267. The predicted octanol–water partition coefficient (Wildman–Crippen LogP) is 1.78. The van der Waals surface area contributed by atoms with Gasteiger partial charge < -0.3 is 9.73 Å². The van der Waals surface area contributed by atoms with Gasteiger partial charge in [0.15, 0.2) is 0 Å². The normalized spacial score (nSPS) is 21.0. The summed E-state index contributed by atoms with van der Waals surface area (Å²) in [6.07, 6.45) is 2.05. The number of hydrazine groups is 1. The largest absolute Gasteiger partial charge is 0.468 e. The molecule has 0 bridgehead atoms. The summed E-state index contributed by atoms with van der Waals surface area (Å²) >= 11 is 0. The summed E-state index contributed by atoms with van der Waals surface area (Å²) in [7, 11) is 0. The first kappa shape index (κ1) is 14.7. The van der Waals surface area contributed by atoms with Crippen molar-refractivity contribution in [1.29, 1.82) is 0 Å². The molecule has 1 aliphatic heterocycles. The minimum Gasteiger partial charge on any atom is -0.468 e. The van der Waals surface area contributed by atoms with Crippen LogP contribution in [0.2, 0.25) is 0 Å². The average molecular weight is 307 g/mol. The van der Waals surface area contributed by atoms with Crippen LogP contribution in [0.4, 0.5) is 8.78 Å². The highest BCUT2D eigenvalue weighted by Crippen LogP contribution is 2.22. The molecular weight excluding hydrogens is 292 g/mol. The maximum atomic E-state index is 13.5. The molecule has 3 N–H and O–H groups in total. The highest BCUT2D eigenvalue weighted by molar-refractivity contribution is 5.82. The van der Waals surface area contributed by atoms with Crippen LogP contribution in [-0.2, 0) is 11.3 Å². The van der Waals surface area contributed by atoms with Gasteiger partial charge in [0, 0.05) is 12.1 Å². The Bertz CT molecular complexity index is 641. The van der Waals surface area contributed by atoms with Gasteiger partial charge in [0.25, 0.3) is 0 Å². The molecule has 1 aromatic heterocycles. The summed E-state index contributed by atoms with van der Waals surface area (Å²) in [5.41, 5.74) is 5.66. The SMILES string of the molecule is O=C(NCc1c(F)cccc1F)C1CC(c2ccco2)NN1. The smallest absolute Gasteiger partial charge is 0.238 e. The zero-order chi connectivity index (χ0) is 15.5. The minimum atomic E-state index is -0.675. The Morgan fingerprint density at radius 1 is 1.23 bits per heavy atom. The maximum absolute atomic E-state index is 13.5. The van der Waals surface area contributed by atoms with E-state index in [9.17, 15) is 13.6 Å². The Hall–Kier alpha value is -2.25. The van der Waals surface area contributed by atoms with Crippen molar-refractivity contribution < 1.29 is 18.0 Å². The highest BCUT2D eigenvalue weighted by atomic mass is 19.1. The highest BCUT2D eigenvalue weighted by Gasteiger charge is 2.31. The quantitative estimate of drug-likeness (QED) is 0.805. The molecule has 5 nitrogen and oxygen atoms in total. The van der Waals surface area contributed by atoms with E-state index in [1.807, 2.05) is 6.07 Å². The third-order valence-corrected chi connectivity index (χ3v) is 3.61. The van der Waals surface area contributed by atoms with Crippen LogP contribution in [-0.4, -0.2) is 11.9 Å². The van der Waals surface area contributed by atoms with E-state index in [1.165, 1.54) is 6.07 Å². The van der Waals surface area contributed by atoms with Crippen LogP contribution in [0.25, 0.3) is 0 Å². The van der Waals surface area contributed by atoms with Crippen molar-refractivity contribution in [3.63, 3.8) is 0 Å². The lowest BCUT2D eigenvalue weighted by Crippen LogP contribution is -2.43. The maximum Gasteiger partial charge on any atom is 0.238 e. The second-order valence-corrected chi connectivity index (χ2v) is 5.06. The topological polar surface area (TPSA) is 66.3 Å². The van der Waals surface area contributed by atoms with Crippen LogP contribution in [0.5, 0.6) is 0 Å². The van der Waals surface area contributed by atoms with E-state index < -0.39 is 17.7 Å². The molecule has 2 heterocycles. The Labute approximate surface area is 125 Å². The van der Waals surface area contributed by atoms with Crippen LogP contribution in [0, 0.1) is 11.6 Å². The third kappa shape index (κ3) is 3.00. The molecule has 1 saturated heterocycles. The molecule has 2 aromatic rings. The van der Waals surface area contributed by atoms with Crippen LogP contribution in [0.15, 0.2) is 41.0 Å². The van der Waals surface area contributed by atoms with Gasteiger partial charge in [-0.05, 0) is 30.7 Å². The molecule has 1 aliphatic rings. The molecule has 1 aromatic carbocycles. The van der Waals surface area contributed by atoms with Crippen molar-refractivity contribution in [3.05, 3.63) is 59.6 Å². The number of nitrogens with one attached hydrogen (secondary N) is 3.